The highest BCUT2D eigenvalue weighted by molar-refractivity contribution is 5.81. The molecule has 6 nitrogen and oxygen atoms in total. The molecule has 44 heavy (non-hydrogen) atoms. The van der Waals surface area contributed by atoms with Crippen LogP contribution in [0.25, 0.3) is 32.7 Å². The van der Waals surface area contributed by atoms with Crippen molar-refractivity contribution in [3.8, 4) is 131 Å². The van der Waals surface area contributed by atoms with Crippen molar-refractivity contribution in [2.24, 2.45) is 5.34 Å². The second kappa shape index (κ2) is 22.2. The Morgan fingerprint density at radius 1 is 0.773 bits per heavy atom. The Bertz CT molecular complexity index is 2080. The van der Waals surface area contributed by atoms with E-state index in [2.05, 4.69) is 116 Å². The van der Waals surface area contributed by atoms with E-state index in [-0.39, 0.29) is 14.4 Å². The summed E-state index contributed by atoms with van der Waals surface area (Å²) in [5.41, 5.74) is 11.8. The van der Waals surface area contributed by atoms with Crippen molar-refractivity contribution in [1.29, 1.82) is 0 Å². The van der Waals surface area contributed by atoms with Gasteiger partial charge in [-0.2, -0.15) is 0 Å². The van der Waals surface area contributed by atoms with E-state index in [0.717, 1.165) is 33.7 Å². The van der Waals surface area contributed by atoms with Crippen LogP contribution in [0.5, 0.6) is 0 Å². The van der Waals surface area contributed by atoms with Crippen molar-refractivity contribution in [2.75, 3.05) is 11.9 Å². The second-order valence-corrected chi connectivity index (χ2v) is 7.13. The molecule has 0 aliphatic heterocycles. The minimum absolute atomic E-state index is 0. The molecular weight excluding hydrogens is 554 g/mol. The van der Waals surface area contributed by atoms with Crippen molar-refractivity contribution in [3.63, 3.8) is 0 Å². The number of fused-ring (bicyclic) bond motifs is 1. The Morgan fingerprint density at radius 2 is 1.25 bits per heavy atom. The van der Waals surface area contributed by atoms with E-state index in [4.69, 9.17) is 24.8 Å². The van der Waals surface area contributed by atoms with E-state index in [1.807, 2.05) is 25.1 Å². The van der Waals surface area contributed by atoms with Crippen LogP contribution < -0.4 is 5.32 Å². The topological polar surface area (TPSA) is 86.6 Å². The van der Waals surface area contributed by atoms with Crippen LogP contribution in [0.1, 0.15) is 14.3 Å². The molecule has 0 aliphatic carbocycles. The number of hydrogen-bond donors (Lipinski definition) is 1. The predicted octanol–water partition coefficient (Wildman–Crippen LogP) is 6.72. The van der Waals surface area contributed by atoms with Gasteiger partial charge < -0.3 is 5.32 Å². The van der Waals surface area contributed by atoms with Gasteiger partial charge in [0.2, 0.25) is 0 Å². The van der Waals surface area contributed by atoms with Gasteiger partial charge in [-0.25, -0.2) is 14.4 Å². The highest BCUT2D eigenvalue weighted by atomic mass is 19.2. The van der Waals surface area contributed by atoms with Gasteiger partial charge in [0.15, 0.2) is 0 Å². The Balaban J connectivity index is -0.000000160. The Morgan fingerprint density at radius 3 is 1.68 bits per heavy atom. The molecule has 1 aromatic heterocycles. The average Bonchev–Trinajstić information content (AvgIpc) is 3.04. The number of anilines is 1. The smallest absolute Gasteiger partial charge is 0.123 e. The fraction of sp³-hybridized carbons (Fsp3) is 0.0556. The van der Waals surface area contributed by atoms with Crippen molar-refractivity contribution < 1.29 is 17.4 Å². The highest BCUT2D eigenvalue weighted by Crippen LogP contribution is 2.24. The first-order valence-corrected chi connectivity index (χ1v) is 11.8. The largest absolute Gasteiger partial charge is 0.374 e. The maximum atomic E-state index is 13.1. The predicted molar refractivity (Wildman–Crippen MR) is 182 cm³/mol. The average molecular weight is 583 g/mol. The number of aromatic nitrogens is 2. The first-order valence-electron chi connectivity index (χ1n) is 11.8. The maximum absolute atomic E-state index is 13.1. The third kappa shape index (κ3) is 14.5. The monoisotopic (exact) mass is 582 g/mol. The molecule has 8 heteroatoms. The van der Waals surface area contributed by atoms with E-state index in [1.165, 1.54) is 17.5 Å². The molecule has 1 heterocycles. The maximum Gasteiger partial charge on any atom is 0.123 e. The lowest BCUT2D eigenvalue weighted by Gasteiger charge is -2.08. The minimum Gasteiger partial charge on any atom is -0.374 e. The van der Waals surface area contributed by atoms with Gasteiger partial charge in [0.25, 0.3) is 0 Å². The number of halogens is 2. The van der Waals surface area contributed by atoms with E-state index in [0.29, 0.717) is 6.54 Å². The molecule has 0 radical (unpaired) electrons. The quantitative estimate of drug-likeness (QED) is 0.161. The van der Waals surface area contributed by atoms with Gasteiger partial charge in [0, 0.05) is 24.7 Å². The van der Waals surface area contributed by atoms with Crippen LogP contribution in [0.4, 0.5) is 14.6 Å². The summed E-state index contributed by atoms with van der Waals surface area (Å²) in [6, 6.07) is 12.0. The highest BCUT2D eigenvalue weighted by Gasteiger charge is 2.08. The van der Waals surface area contributed by atoms with E-state index < -0.39 is 0 Å². The molecular formula is C36H28F2N6. The van der Waals surface area contributed by atoms with Crippen molar-refractivity contribution in [1.82, 2.24) is 9.97 Å². The van der Waals surface area contributed by atoms with Gasteiger partial charge in [-0.15, -0.1) is 23.8 Å². The van der Waals surface area contributed by atoms with E-state index in [1.54, 1.807) is 17.0 Å². The minimum atomic E-state index is -0.268. The third-order valence-corrected chi connectivity index (χ3v) is 4.34. The van der Waals surface area contributed by atoms with Crippen LogP contribution >= 0.6 is 0 Å². The summed E-state index contributed by atoms with van der Waals surface area (Å²) >= 11 is 0. The lowest BCUT2D eigenvalue weighted by atomic mass is 10.1. The van der Waals surface area contributed by atoms with Gasteiger partial charge in [0.05, 0.1) is 29.0 Å². The van der Waals surface area contributed by atoms with Crippen LogP contribution in [0.15, 0.2) is 47.8 Å². The zero-order valence-corrected chi connectivity index (χ0v) is 23.0. The van der Waals surface area contributed by atoms with E-state index >= 15 is 0 Å². The lowest BCUT2D eigenvalue weighted by Crippen LogP contribution is -1.99. The second-order valence-electron chi connectivity index (χ2n) is 7.13. The Hall–Kier alpha value is -7.65. The number of aryl methyl sites for hydroxylation is 1. The molecule has 0 spiro atoms. The Kier molecular flexibility index (Phi) is 17.3. The number of benzene rings is 2. The summed E-state index contributed by atoms with van der Waals surface area (Å²) in [6.45, 7) is 2.35. The van der Waals surface area contributed by atoms with Gasteiger partial charge in [-0.3, -0.25) is 0 Å². The van der Waals surface area contributed by atoms with Crippen LogP contribution in [0.2, 0.25) is 0 Å². The number of hydrogen-bond acceptors (Lipinski definition) is 4. The number of nitrogens with zero attached hydrogens (tertiary/aromatic N) is 5. The number of azide groups is 1. The molecule has 2 aromatic carbocycles. The van der Waals surface area contributed by atoms with E-state index in [9.17, 15) is 8.87 Å². The molecule has 3 aromatic rings. The fourth-order valence-corrected chi connectivity index (χ4v) is 2.73. The summed E-state index contributed by atoms with van der Waals surface area (Å²) in [5, 5.41) is 4.53. The summed E-state index contributed by atoms with van der Waals surface area (Å²) in [4.78, 5) is 10.9. The van der Waals surface area contributed by atoms with Crippen molar-refractivity contribution >= 4 is 16.7 Å². The van der Waals surface area contributed by atoms with Crippen molar-refractivity contribution in [2.45, 2.75) is 6.92 Å². The van der Waals surface area contributed by atoms with Crippen LogP contribution in [0, 0.1) is 133 Å². The molecule has 0 aliphatic rings. The first kappa shape index (κ1) is 34.4. The number of nitrogens with one attached hydrogen (secondary N) is 1. The summed E-state index contributed by atoms with van der Waals surface area (Å²) in [6.07, 6.45) is 15.0. The lowest BCUT2D eigenvalue weighted by molar-refractivity contribution is 0.525. The van der Waals surface area contributed by atoms with Gasteiger partial charge in [-0.05, 0) is 150 Å². The molecule has 3 rings (SSSR count). The van der Waals surface area contributed by atoms with Crippen LogP contribution in [-0.4, -0.2) is 16.5 Å². The van der Waals surface area contributed by atoms with Crippen molar-refractivity contribution in [3.05, 3.63) is 64.4 Å². The molecule has 0 fully saturated rings. The van der Waals surface area contributed by atoms with Gasteiger partial charge in [-0.1, -0.05) is 5.92 Å². The Labute approximate surface area is 264 Å². The van der Waals surface area contributed by atoms with Crippen LogP contribution in [0.3, 0.4) is 0 Å². The molecule has 216 valence electrons. The zero-order chi connectivity index (χ0) is 32.3. The molecule has 1 N–H and O–H groups in total. The molecule has 0 unspecified atom stereocenters. The third-order valence-electron chi connectivity index (χ3n) is 4.34. The summed E-state index contributed by atoms with van der Waals surface area (Å²) in [5.74, 6) is 40.5. The SMILES string of the molecule is C#CC#CC#CC#CC#CC#CC#CC#CC#C.C#CCNc1ccc2nc(C)c(-c3ccc(F)cc3)nc2c1.[HH].[HH].[HH].[HH].[HH].[HH].[N-]=[N+]=NF. The standard InChI is InChI=1S/C18H14FN3.C18H2.FN3.6H2/c1-3-10-20-15-8-9-16-17(11-15)22-18(12(2)21-16)13-4-6-14(19)7-5-13;1-3-5-7-9-11-13-15-17-18-16-14-12-10-8-6-4-2;1-3-4-2;;;;;;/h1,4-9,11,20H,10H2,2H3;1-2H;;6*1H. The van der Waals surface area contributed by atoms with Gasteiger partial charge >= 0.3 is 0 Å². The molecule has 0 atom stereocenters. The number of rotatable bonds is 3. The molecule has 0 amide bonds. The summed E-state index contributed by atoms with van der Waals surface area (Å²) in [7, 11) is 0. The normalized spacial score (nSPS) is 7.09. The number of terminal acetylenes is 3. The first-order chi connectivity index (χ1) is 21.5. The summed E-state index contributed by atoms with van der Waals surface area (Å²) < 4.78 is 23.0. The fourth-order valence-electron chi connectivity index (χ4n) is 2.73. The molecule has 0 saturated carbocycles. The van der Waals surface area contributed by atoms with Crippen LogP contribution in [-0.2, 0) is 0 Å². The molecule has 0 saturated heterocycles. The zero-order valence-electron chi connectivity index (χ0n) is 23.0. The molecule has 0 bridgehead atoms. The van der Waals surface area contributed by atoms with Gasteiger partial charge in [0.1, 0.15) is 11.2 Å².